The first-order chi connectivity index (χ1) is 14.2. The average molecular weight is 521 g/mol. The van der Waals surface area contributed by atoms with Crippen molar-refractivity contribution in [1.29, 1.82) is 0 Å². The fourth-order valence-corrected chi connectivity index (χ4v) is 6.34. The van der Waals surface area contributed by atoms with Crippen LogP contribution in [0.1, 0.15) is 6.23 Å². The minimum Gasteiger partial charge on any atom is -0.676 e. The first kappa shape index (κ1) is 24.8. The van der Waals surface area contributed by atoms with Crippen molar-refractivity contribution in [3.05, 3.63) is 12.7 Å². The number of fused-ring (bicyclic) bond motifs is 1. The zero-order valence-corrected chi connectivity index (χ0v) is 18.3. The van der Waals surface area contributed by atoms with Gasteiger partial charge < -0.3 is 52.5 Å². The van der Waals surface area contributed by atoms with Gasteiger partial charge in [-0.1, -0.05) is 7.15 Å². The number of ether oxygens (including phenoxy) is 1. The van der Waals surface area contributed by atoms with Crippen molar-refractivity contribution in [2.45, 2.75) is 24.5 Å². The van der Waals surface area contributed by atoms with Crippen LogP contribution in [0.15, 0.2) is 12.7 Å². The summed E-state index contributed by atoms with van der Waals surface area (Å²) >= 11 is 3.74. The molecule has 0 aliphatic carbocycles. The Morgan fingerprint density at radius 1 is 1.23 bits per heavy atom. The van der Waals surface area contributed by atoms with Crippen LogP contribution in [-0.2, 0) is 39.3 Å². The van der Waals surface area contributed by atoms with Crippen molar-refractivity contribution in [3.63, 3.8) is 0 Å². The number of hydrogen-bond donors (Lipinski definition) is 5. The van der Waals surface area contributed by atoms with Crippen LogP contribution in [0.2, 0.25) is 0 Å². The molecule has 0 amide bonds. The SMILES string of the molecule is Nc1ncnc2c1ncn2[C@@H]1O[C@H](COP(=O)(O)OP(=O)(O)O[P+]([O-])([O-])[S-])[C@@H](O)[C@H]1O. The lowest BCUT2D eigenvalue weighted by Gasteiger charge is -2.39. The number of hydrogen-bond acceptors (Lipinski definition) is 15. The molecule has 1 aliphatic heterocycles. The van der Waals surface area contributed by atoms with Crippen molar-refractivity contribution in [3.8, 4) is 0 Å². The van der Waals surface area contributed by atoms with Gasteiger partial charge in [0.1, 0.15) is 30.2 Å². The molecule has 1 aliphatic rings. The van der Waals surface area contributed by atoms with Gasteiger partial charge in [-0.2, -0.15) is 8.62 Å². The van der Waals surface area contributed by atoms with E-state index >= 15 is 0 Å². The molecule has 17 nitrogen and oxygen atoms in total. The molecular weight excluding hydrogens is 507 g/mol. The molecule has 0 bridgehead atoms. The molecule has 6 N–H and O–H groups in total. The molecule has 21 heteroatoms. The molecule has 174 valence electrons. The maximum atomic E-state index is 11.8. The molecule has 0 saturated carbocycles. The number of rotatable bonds is 8. The Kier molecular flexibility index (Phi) is 7.09. The number of aliphatic hydroxyl groups excluding tert-OH is 2. The second-order valence-electron chi connectivity index (χ2n) is 5.97. The lowest BCUT2D eigenvalue weighted by Crippen LogP contribution is -2.33. The van der Waals surface area contributed by atoms with Gasteiger partial charge in [0.25, 0.3) is 0 Å². The largest absolute Gasteiger partial charge is 0.676 e. The van der Waals surface area contributed by atoms with Crippen LogP contribution in [0.5, 0.6) is 0 Å². The molecule has 1 fully saturated rings. The predicted octanol–water partition coefficient (Wildman–Crippen LogP) is -2.78. The first-order valence-electron chi connectivity index (χ1n) is 7.88. The maximum absolute atomic E-state index is 11.8. The normalized spacial score (nSPS) is 28.5. The van der Waals surface area contributed by atoms with E-state index in [2.05, 4.69) is 40.3 Å². The van der Waals surface area contributed by atoms with Crippen molar-refractivity contribution in [2.24, 2.45) is 0 Å². The third-order valence-electron chi connectivity index (χ3n) is 3.81. The Bertz CT molecular complexity index is 1050. The molecule has 0 spiro atoms. The number of nitrogen functional groups attached to an aromatic ring is 1. The van der Waals surface area contributed by atoms with Gasteiger partial charge in [0.05, 0.1) is 12.9 Å². The molecule has 31 heavy (non-hydrogen) atoms. The molecule has 2 aromatic heterocycles. The maximum Gasteiger partial charge on any atom is 0.512 e. The predicted molar refractivity (Wildman–Crippen MR) is 97.7 cm³/mol. The quantitative estimate of drug-likeness (QED) is 0.174. The van der Waals surface area contributed by atoms with Gasteiger partial charge in [-0.15, -0.1) is 0 Å². The van der Waals surface area contributed by atoms with Gasteiger partial charge >= 0.3 is 15.6 Å². The second-order valence-corrected chi connectivity index (χ2v) is 11.6. The number of aromatic nitrogens is 4. The third kappa shape index (κ3) is 5.96. The molecule has 0 radical (unpaired) electrons. The smallest absolute Gasteiger partial charge is 0.512 e. The molecular formula is C10H14N5O12P3S-2. The van der Waals surface area contributed by atoms with Gasteiger partial charge in [0.15, 0.2) is 17.7 Å². The summed E-state index contributed by atoms with van der Waals surface area (Å²) in [5.41, 5.74) is 6.02. The molecule has 1 saturated heterocycles. The monoisotopic (exact) mass is 521 g/mol. The fraction of sp³-hybridized carbons (Fsp3) is 0.500. The van der Waals surface area contributed by atoms with Gasteiger partial charge in [-0.3, -0.25) is 9.09 Å². The van der Waals surface area contributed by atoms with E-state index in [0.717, 1.165) is 6.33 Å². The van der Waals surface area contributed by atoms with Crippen LogP contribution in [0.3, 0.4) is 0 Å². The standard InChI is InChI=1S/C10H16N5O12P3S/c11-8-5-9(13-2-12-8)15(3-14-5)10-7(17)6(16)4(25-10)1-24-28(18,19)26-29(20,21)27-30(22,23)31/h2-4,6-7,10,16-17H,1H2,(H,18,19)(H,20,21)(H2,11,12,13)(H2,22,23,31)/p-2/t4-,6-,7-,10-/m1/s1. The number of nitrogens with zero attached hydrogens (tertiary/aromatic N) is 4. The van der Waals surface area contributed by atoms with Crippen LogP contribution in [0.4, 0.5) is 5.82 Å². The van der Waals surface area contributed by atoms with E-state index in [0.29, 0.717) is 0 Å². The topological polar surface area (TPSA) is 268 Å². The van der Waals surface area contributed by atoms with E-state index in [1.165, 1.54) is 10.9 Å². The van der Waals surface area contributed by atoms with Gasteiger partial charge in [0, 0.05) is 0 Å². The number of anilines is 1. The van der Waals surface area contributed by atoms with Crippen molar-refractivity contribution >= 4 is 52.0 Å². The minimum atomic E-state index is -5.62. The lowest BCUT2D eigenvalue weighted by atomic mass is 10.1. The van der Waals surface area contributed by atoms with Crippen LogP contribution in [-0.4, -0.2) is 64.4 Å². The molecule has 6 atom stereocenters. The van der Waals surface area contributed by atoms with Crippen molar-refractivity contribution in [2.75, 3.05) is 12.3 Å². The molecule has 2 unspecified atom stereocenters. The molecule has 3 rings (SSSR count). The zero-order valence-electron chi connectivity index (χ0n) is 14.8. The van der Waals surface area contributed by atoms with Crippen molar-refractivity contribution in [1.82, 2.24) is 19.5 Å². The highest BCUT2D eigenvalue weighted by atomic mass is 32.7. The lowest BCUT2D eigenvalue weighted by molar-refractivity contribution is -0.317. The summed E-state index contributed by atoms with van der Waals surface area (Å²) in [5.74, 6) is 0.0485. The van der Waals surface area contributed by atoms with E-state index in [9.17, 15) is 34.0 Å². The highest BCUT2D eigenvalue weighted by molar-refractivity contribution is 8.34. The number of phosphoric ester groups is 1. The van der Waals surface area contributed by atoms with E-state index in [1.54, 1.807) is 0 Å². The first-order valence-corrected chi connectivity index (χ1v) is 13.4. The summed E-state index contributed by atoms with van der Waals surface area (Å²) in [6.07, 6.45) is -3.63. The summed E-state index contributed by atoms with van der Waals surface area (Å²) in [6.45, 7) is -0.935. The minimum absolute atomic E-state index is 0.0485. The molecule has 2 aromatic rings. The summed E-state index contributed by atoms with van der Waals surface area (Å²) in [6, 6.07) is 0. The van der Waals surface area contributed by atoms with Crippen LogP contribution in [0.25, 0.3) is 11.2 Å². The Labute approximate surface area is 178 Å². The summed E-state index contributed by atoms with van der Waals surface area (Å²) in [5, 5.41) is 20.4. The third-order valence-corrected chi connectivity index (χ3v) is 8.16. The van der Waals surface area contributed by atoms with Crippen LogP contribution in [0, 0.1) is 0 Å². The molecule has 0 aromatic carbocycles. The summed E-state index contributed by atoms with van der Waals surface area (Å²) < 4.78 is 41.6. The Morgan fingerprint density at radius 3 is 2.55 bits per heavy atom. The number of nitrogens with two attached hydrogens (primary N) is 1. The van der Waals surface area contributed by atoms with Gasteiger partial charge in [-0.25, -0.2) is 24.1 Å². The van der Waals surface area contributed by atoms with Crippen LogP contribution >= 0.6 is 22.8 Å². The Balaban J connectivity index is 1.68. The molecule has 3 heterocycles. The van der Waals surface area contributed by atoms with Gasteiger partial charge in [-0.05, 0) is 0 Å². The number of phosphoric acid groups is 2. The Morgan fingerprint density at radius 2 is 1.90 bits per heavy atom. The number of imidazole rings is 1. The summed E-state index contributed by atoms with van der Waals surface area (Å²) in [4.78, 5) is 51.8. The highest BCUT2D eigenvalue weighted by Crippen LogP contribution is 2.66. The Hall–Kier alpha value is -0.810. The van der Waals surface area contributed by atoms with E-state index < -0.39 is 53.9 Å². The van der Waals surface area contributed by atoms with Gasteiger partial charge in [0.2, 0.25) is 0 Å². The average Bonchev–Trinajstić information content (AvgIpc) is 3.13. The zero-order chi connectivity index (χ0) is 23.2. The fourth-order valence-electron chi connectivity index (χ4n) is 2.62. The summed E-state index contributed by atoms with van der Waals surface area (Å²) in [7, 11) is -16.2. The van der Waals surface area contributed by atoms with Crippen molar-refractivity contribution < 1.29 is 56.8 Å². The second kappa shape index (κ2) is 8.85. The number of aliphatic hydroxyl groups is 2. The van der Waals surface area contributed by atoms with E-state index in [4.69, 9.17) is 15.4 Å². The van der Waals surface area contributed by atoms with E-state index in [-0.39, 0.29) is 17.0 Å². The van der Waals surface area contributed by atoms with E-state index in [1.807, 2.05) is 0 Å². The highest BCUT2D eigenvalue weighted by Gasteiger charge is 2.46. The van der Waals surface area contributed by atoms with Crippen LogP contribution < -0.4 is 15.5 Å².